The van der Waals surface area contributed by atoms with Gasteiger partial charge in [0, 0.05) is 39.7 Å². The highest BCUT2D eigenvalue weighted by Crippen LogP contribution is 2.27. The first kappa shape index (κ1) is 15.7. The summed E-state index contributed by atoms with van der Waals surface area (Å²) in [5, 5.41) is 1.31. The Bertz CT molecular complexity index is 929. The van der Waals surface area contributed by atoms with Gasteiger partial charge in [0.1, 0.15) is 0 Å². The van der Waals surface area contributed by atoms with E-state index in [2.05, 4.69) is 52.7 Å². The maximum atomic E-state index is 12.9. The van der Waals surface area contributed by atoms with Crippen LogP contribution in [0.4, 0.5) is 0 Å². The molecule has 0 atom stereocenters. The lowest BCUT2D eigenvalue weighted by atomic mass is 10.1. The standard InChI is InChI=1S/C20H19IN2O/c1-13-6-7-18-16(12-13)14-8-10-23(11-9-19(14)22-18)20(24)15-4-2-3-5-17(15)21/h2-7,12,22H,8-11H2,1H3. The number of aryl methyl sites for hydroxylation is 1. The summed E-state index contributed by atoms with van der Waals surface area (Å²) >= 11 is 2.24. The molecule has 2 aromatic carbocycles. The summed E-state index contributed by atoms with van der Waals surface area (Å²) in [4.78, 5) is 18.4. The van der Waals surface area contributed by atoms with Crippen molar-refractivity contribution >= 4 is 39.4 Å². The fraction of sp³-hybridized carbons (Fsp3) is 0.250. The van der Waals surface area contributed by atoms with Crippen LogP contribution in [0.3, 0.4) is 0 Å². The second kappa shape index (κ2) is 6.24. The van der Waals surface area contributed by atoms with E-state index < -0.39 is 0 Å². The number of halogens is 1. The topological polar surface area (TPSA) is 36.1 Å². The van der Waals surface area contributed by atoms with Crippen LogP contribution in [0.1, 0.15) is 27.2 Å². The third-order valence-electron chi connectivity index (χ3n) is 4.80. The predicted octanol–water partition coefficient (Wildman–Crippen LogP) is 4.32. The van der Waals surface area contributed by atoms with Gasteiger partial charge in [-0.3, -0.25) is 4.79 Å². The van der Waals surface area contributed by atoms with E-state index in [0.29, 0.717) is 0 Å². The monoisotopic (exact) mass is 430 g/mol. The molecular weight excluding hydrogens is 411 g/mol. The third kappa shape index (κ3) is 2.73. The SMILES string of the molecule is Cc1ccc2[nH]c3c(c2c1)CCN(C(=O)c1ccccc1I)CC3. The summed E-state index contributed by atoms with van der Waals surface area (Å²) in [6.45, 7) is 3.67. The molecule has 4 rings (SSSR count). The van der Waals surface area contributed by atoms with Crippen LogP contribution in [0, 0.1) is 10.5 Å². The molecular formula is C20H19IN2O. The Hall–Kier alpha value is -1.82. The molecule has 0 aliphatic carbocycles. The summed E-state index contributed by atoms with van der Waals surface area (Å²) in [6, 6.07) is 14.4. The first-order valence-electron chi connectivity index (χ1n) is 8.27. The number of benzene rings is 2. The van der Waals surface area contributed by atoms with Crippen molar-refractivity contribution in [1.82, 2.24) is 9.88 Å². The van der Waals surface area contributed by atoms with Gasteiger partial charge in [-0.2, -0.15) is 0 Å². The number of carbonyl (C=O) groups is 1. The predicted molar refractivity (Wildman–Crippen MR) is 106 cm³/mol. The Morgan fingerprint density at radius 1 is 1.12 bits per heavy atom. The molecule has 4 heteroatoms. The van der Waals surface area contributed by atoms with Crippen LogP contribution in [-0.4, -0.2) is 28.9 Å². The molecule has 0 spiro atoms. The molecule has 1 aliphatic rings. The zero-order valence-corrected chi connectivity index (χ0v) is 15.8. The van der Waals surface area contributed by atoms with Crippen molar-refractivity contribution in [2.24, 2.45) is 0 Å². The maximum absolute atomic E-state index is 12.9. The number of nitrogens with zero attached hydrogens (tertiary/aromatic N) is 1. The first-order chi connectivity index (χ1) is 11.6. The lowest BCUT2D eigenvalue weighted by Crippen LogP contribution is -2.33. The second-order valence-corrected chi connectivity index (χ2v) is 7.57. The van der Waals surface area contributed by atoms with Gasteiger partial charge in [-0.25, -0.2) is 0 Å². The molecule has 0 unspecified atom stereocenters. The highest BCUT2D eigenvalue weighted by atomic mass is 127. The molecule has 0 radical (unpaired) electrons. The molecule has 1 N–H and O–H groups in total. The van der Waals surface area contributed by atoms with E-state index in [9.17, 15) is 4.79 Å². The minimum atomic E-state index is 0.144. The van der Waals surface area contributed by atoms with Gasteiger partial charge in [-0.15, -0.1) is 0 Å². The number of hydrogen-bond acceptors (Lipinski definition) is 1. The molecule has 0 fully saturated rings. The van der Waals surface area contributed by atoms with Crippen LogP contribution >= 0.6 is 22.6 Å². The van der Waals surface area contributed by atoms with E-state index in [4.69, 9.17) is 0 Å². The maximum Gasteiger partial charge on any atom is 0.254 e. The summed E-state index contributed by atoms with van der Waals surface area (Å²) in [6.07, 6.45) is 1.80. The second-order valence-electron chi connectivity index (χ2n) is 6.40. The zero-order chi connectivity index (χ0) is 16.7. The normalized spacial score (nSPS) is 14.5. The van der Waals surface area contributed by atoms with E-state index >= 15 is 0 Å². The third-order valence-corrected chi connectivity index (χ3v) is 5.75. The van der Waals surface area contributed by atoms with Gasteiger partial charge in [0.25, 0.3) is 5.91 Å². The molecule has 0 saturated carbocycles. The fourth-order valence-corrected chi connectivity index (χ4v) is 4.15. The highest BCUT2D eigenvalue weighted by molar-refractivity contribution is 14.1. The molecule has 0 saturated heterocycles. The average Bonchev–Trinajstić information content (AvgIpc) is 2.78. The smallest absolute Gasteiger partial charge is 0.254 e. The summed E-state index contributed by atoms with van der Waals surface area (Å²) < 4.78 is 1.02. The zero-order valence-electron chi connectivity index (χ0n) is 13.6. The van der Waals surface area contributed by atoms with Crippen LogP contribution in [0.2, 0.25) is 0 Å². The average molecular weight is 430 g/mol. The van der Waals surface area contributed by atoms with Crippen molar-refractivity contribution < 1.29 is 4.79 Å². The Kier molecular flexibility index (Phi) is 4.08. The van der Waals surface area contributed by atoms with Crippen molar-refractivity contribution in [2.45, 2.75) is 19.8 Å². The summed E-state index contributed by atoms with van der Waals surface area (Å²) in [5.74, 6) is 0.144. The van der Waals surface area contributed by atoms with Crippen LogP contribution in [0.25, 0.3) is 10.9 Å². The lowest BCUT2D eigenvalue weighted by molar-refractivity contribution is 0.0762. The highest BCUT2D eigenvalue weighted by Gasteiger charge is 2.23. The van der Waals surface area contributed by atoms with Crippen molar-refractivity contribution in [2.75, 3.05) is 13.1 Å². The summed E-state index contributed by atoms with van der Waals surface area (Å²) in [5.41, 5.74) is 5.97. The largest absolute Gasteiger partial charge is 0.358 e. The number of rotatable bonds is 1. The molecule has 122 valence electrons. The fourth-order valence-electron chi connectivity index (χ4n) is 3.53. The number of hydrogen-bond donors (Lipinski definition) is 1. The quantitative estimate of drug-likeness (QED) is 0.574. The van der Waals surface area contributed by atoms with Gasteiger partial charge in [0.15, 0.2) is 0 Å². The van der Waals surface area contributed by atoms with Gasteiger partial charge in [0.05, 0.1) is 5.56 Å². The molecule has 1 aliphatic heterocycles. The Morgan fingerprint density at radius 3 is 2.75 bits per heavy atom. The number of H-pyrrole nitrogens is 1. The number of carbonyl (C=O) groups excluding carboxylic acids is 1. The van der Waals surface area contributed by atoms with Crippen molar-refractivity contribution in [3.63, 3.8) is 0 Å². The van der Waals surface area contributed by atoms with Gasteiger partial charge in [-0.05, 0) is 65.8 Å². The van der Waals surface area contributed by atoms with Gasteiger partial charge >= 0.3 is 0 Å². The molecule has 3 nitrogen and oxygen atoms in total. The van der Waals surface area contributed by atoms with Crippen molar-refractivity contribution in [3.8, 4) is 0 Å². The molecule has 3 aromatic rings. The van der Waals surface area contributed by atoms with E-state index in [1.165, 1.54) is 27.7 Å². The molecule has 1 aromatic heterocycles. The van der Waals surface area contributed by atoms with E-state index in [-0.39, 0.29) is 5.91 Å². The van der Waals surface area contributed by atoms with E-state index in [1.807, 2.05) is 29.2 Å². The minimum Gasteiger partial charge on any atom is -0.358 e. The number of amides is 1. The van der Waals surface area contributed by atoms with Crippen LogP contribution < -0.4 is 0 Å². The van der Waals surface area contributed by atoms with Crippen molar-refractivity contribution in [1.29, 1.82) is 0 Å². The lowest BCUT2D eigenvalue weighted by Gasteiger charge is -2.21. The Balaban J connectivity index is 1.62. The Morgan fingerprint density at radius 2 is 1.92 bits per heavy atom. The van der Waals surface area contributed by atoms with Gasteiger partial charge < -0.3 is 9.88 Å². The van der Waals surface area contributed by atoms with Crippen LogP contribution in [0.15, 0.2) is 42.5 Å². The summed E-state index contributed by atoms with van der Waals surface area (Å²) in [7, 11) is 0. The van der Waals surface area contributed by atoms with Crippen LogP contribution in [0.5, 0.6) is 0 Å². The molecule has 2 heterocycles. The van der Waals surface area contributed by atoms with Gasteiger partial charge in [0.2, 0.25) is 0 Å². The number of aromatic amines is 1. The Labute approximate surface area is 155 Å². The van der Waals surface area contributed by atoms with E-state index in [1.54, 1.807) is 0 Å². The van der Waals surface area contributed by atoms with E-state index in [0.717, 1.165) is 35.1 Å². The van der Waals surface area contributed by atoms with Crippen LogP contribution in [-0.2, 0) is 12.8 Å². The van der Waals surface area contributed by atoms with Gasteiger partial charge in [-0.1, -0.05) is 23.8 Å². The molecule has 1 amide bonds. The number of fused-ring (bicyclic) bond motifs is 3. The molecule has 24 heavy (non-hydrogen) atoms. The number of nitrogens with one attached hydrogen (secondary N) is 1. The number of aromatic nitrogens is 1. The molecule has 0 bridgehead atoms. The minimum absolute atomic E-state index is 0.144. The first-order valence-corrected chi connectivity index (χ1v) is 9.35. The van der Waals surface area contributed by atoms with Crippen molar-refractivity contribution in [3.05, 3.63) is 68.4 Å².